The van der Waals surface area contributed by atoms with Gasteiger partial charge in [-0.3, -0.25) is 4.79 Å². The maximum atomic E-state index is 11.9. The fourth-order valence-electron chi connectivity index (χ4n) is 0.730. The van der Waals surface area contributed by atoms with Crippen LogP contribution < -0.4 is 0 Å². The summed E-state index contributed by atoms with van der Waals surface area (Å²) in [6, 6.07) is 0.993. The molecule has 7 heteroatoms. The first-order valence-electron chi connectivity index (χ1n) is 3.32. The Morgan fingerprint density at radius 3 is 2.21 bits per heavy atom. The maximum absolute atomic E-state index is 11.9. The number of hydrogen-bond donors (Lipinski definition) is 0. The Labute approximate surface area is 74.3 Å². The van der Waals surface area contributed by atoms with Gasteiger partial charge in [-0.05, 0) is 12.1 Å². The molecule has 78 valence electrons. The minimum absolute atomic E-state index is 0.426. The minimum Gasteiger partial charge on any atom is -0.448 e. The van der Waals surface area contributed by atoms with Crippen molar-refractivity contribution < 1.29 is 31.2 Å². The molecule has 0 spiro atoms. The number of carbonyl (C=O) groups excluding carboxylic acids is 1. The molecule has 1 aromatic rings. The summed E-state index contributed by atoms with van der Waals surface area (Å²) in [4.78, 5) is 10.5. The van der Waals surface area contributed by atoms with E-state index in [2.05, 4.69) is 4.42 Å². The first-order valence-corrected chi connectivity index (χ1v) is 3.32. The number of rotatable bonds is 2. The first kappa shape index (κ1) is 10.7. The van der Waals surface area contributed by atoms with Crippen LogP contribution in [0.4, 0.5) is 22.0 Å². The number of Topliss-reactive ketones (excluding diaryl/α,β-unsaturated/α-hetero) is 1. The average Bonchev–Trinajstić information content (AvgIpc) is 2.49. The van der Waals surface area contributed by atoms with E-state index in [1.807, 2.05) is 0 Å². The molecule has 14 heavy (non-hydrogen) atoms. The molecular weight excluding hydrogens is 211 g/mol. The number of carbonyl (C=O) groups is 1. The third-order valence-corrected chi connectivity index (χ3v) is 1.33. The summed E-state index contributed by atoms with van der Waals surface area (Å²) in [6.07, 6.45) is -8.15. The fourth-order valence-corrected chi connectivity index (χ4v) is 0.730. The Balaban J connectivity index is 2.95. The van der Waals surface area contributed by atoms with Crippen molar-refractivity contribution in [2.24, 2.45) is 0 Å². The molecule has 0 saturated heterocycles. The van der Waals surface area contributed by atoms with Crippen molar-refractivity contribution in [1.82, 2.24) is 0 Å². The summed E-state index contributed by atoms with van der Waals surface area (Å²) < 4.78 is 63.0. The highest BCUT2D eigenvalue weighted by molar-refractivity contribution is 5.95. The van der Waals surface area contributed by atoms with Crippen LogP contribution in [0.1, 0.15) is 16.3 Å². The van der Waals surface area contributed by atoms with Gasteiger partial charge in [-0.15, -0.1) is 0 Å². The fraction of sp³-hybridized carbons (Fsp3) is 0.286. The smallest absolute Gasteiger partial charge is 0.448 e. The molecule has 0 saturated carbocycles. The van der Waals surface area contributed by atoms with Crippen molar-refractivity contribution in [1.29, 1.82) is 0 Å². The topological polar surface area (TPSA) is 30.2 Å². The van der Waals surface area contributed by atoms with Crippen LogP contribution in [0.3, 0.4) is 0 Å². The molecule has 0 aromatic carbocycles. The molecule has 0 atom stereocenters. The Kier molecular flexibility index (Phi) is 2.59. The molecule has 0 aliphatic rings. The van der Waals surface area contributed by atoms with Crippen molar-refractivity contribution in [3.05, 3.63) is 23.7 Å². The average molecular weight is 214 g/mol. The van der Waals surface area contributed by atoms with E-state index in [-0.39, 0.29) is 0 Å². The van der Waals surface area contributed by atoms with E-state index in [1.54, 1.807) is 0 Å². The standard InChI is InChI=1S/C7H3F5O2/c8-6(9)5(13)3-1-2-4(14-3)7(10,11)12/h1-2,6H. The van der Waals surface area contributed by atoms with Crippen molar-refractivity contribution in [3.63, 3.8) is 0 Å². The Hall–Kier alpha value is -1.40. The molecule has 0 fully saturated rings. The van der Waals surface area contributed by atoms with E-state index in [0.717, 1.165) is 0 Å². The molecule has 0 radical (unpaired) electrons. The number of alkyl halides is 5. The quantitative estimate of drug-likeness (QED) is 0.559. The first-order chi connectivity index (χ1) is 6.32. The summed E-state index contributed by atoms with van der Waals surface area (Å²) in [6.45, 7) is 0. The van der Waals surface area contributed by atoms with Crippen molar-refractivity contribution in [3.8, 4) is 0 Å². The lowest BCUT2D eigenvalue weighted by Gasteiger charge is -2.00. The van der Waals surface area contributed by atoms with Gasteiger partial charge >= 0.3 is 12.6 Å². The van der Waals surface area contributed by atoms with E-state index >= 15 is 0 Å². The van der Waals surface area contributed by atoms with Gasteiger partial charge in [-0.25, -0.2) is 8.78 Å². The molecule has 0 amide bonds. The van der Waals surface area contributed by atoms with Gasteiger partial charge < -0.3 is 4.42 Å². The zero-order chi connectivity index (χ0) is 10.9. The van der Waals surface area contributed by atoms with Gasteiger partial charge in [0.15, 0.2) is 5.76 Å². The van der Waals surface area contributed by atoms with Crippen molar-refractivity contribution in [2.45, 2.75) is 12.6 Å². The van der Waals surface area contributed by atoms with Gasteiger partial charge in [-0.2, -0.15) is 13.2 Å². The van der Waals surface area contributed by atoms with Gasteiger partial charge in [0.2, 0.25) is 5.76 Å². The minimum atomic E-state index is -4.78. The monoisotopic (exact) mass is 214 g/mol. The van der Waals surface area contributed by atoms with Gasteiger partial charge in [0, 0.05) is 0 Å². The predicted molar refractivity (Wildman–Crippen MR) is 34.0 cm³/mol. The SMILES string of the molecule is O=C(c1ccc(C(F)(F)F)o1)C(F)F. The zero-order valence-corrected chi connectivity index (χ0v) is 6.44. The molecule has 0 aliphatic heterocycles. The third-order valence-electron chi connectivity index (χ3n) is 1.33. The summed E-state index contributed by atoms with van der Waals surface area (Å²) in [5, 5.41) is 0. The van der Waals surface area contributed by atoms with Crippen LogP contribution >= 0.6 is 0 Å². The maximum Gasteiger partial charge on any atom is 0.449 e. The highest BCUT2D eigenvalue weighted by Crippen LogP contribution is 2.30. The Morgan fingerprint density at radius 1 is 1.29 bits per heavy atom. The predicted octanol–water partition coefficient (Wildman–Crippen LogP) is 2.75. The van der Waals surface area contributed by atoms with E-state index in [4.69, 9.17) is 0 Å². The molecule has 1 aromatic heterocycles. The van der Waals surface area contributed by atoms with Crippen LogP contribution in [0.5, 0.6) is 0 Å². The molecule has 1 rings (SSSR count). The lowest BCUT2D eigenvalue weighted by Crippen LogP contribution is -2.09. The number of furan rings is 1. The van der Waals surface area contributed by atoms with Crippen LogP contribution in [0, 0.1) is 0 Å². The van der Waals surface area contributed by atoms with Crippen LogP contribution in [0.15, 0.2) is 16.5 Å². The largest absolute Gasteiger partial charge is 0.449 e. The zero-order valence-electron chi connectivity index (χ0n) is 6.44. The van der Waals surface area contributed by atoms with Gasteiger partial charge in [0.05, 0.1) is 0 Å². The van der Waals surface area contributed by atoms with Crippen LogP contribution in [0.25, 0.3) is 0 Å². The summed E-state index contributed by atoms with van der Waals surface area (Å²) in [7, 11) is 0. The van der Waals surface area contributed by atoms with Crippen molar-refractivity contribution in [2.75, 3.05) is 0 Å². The molecule has 0 aliphatic carbocycles. The van der Waals surface area contributed by atoms with Gasteiger partial charge in [0.25, 0.3) is 5.78 Å². The highest BCUT2D eigenvalue weighted by Gasteiger charge is 2.36. The summed E-state index contributed by atoms with van der Waals surface area (Å²) in [5.74, 6) is -4.23. The van der Waals surface area contributed by atoms with Crippen LogP contribution in [0.2, 0.25) is 0 Å². The van der Waals surface area contributed by atoms with Gasteiger partial charge in [-0.1, -0.05) is 0 Å². The van der Waals surface area contributed by atoms with E-state index in [0.29, 0.717) is 12.1 Å². The normalized spacial score (nSPS) is 12.1. The highest BCUT2D eigenvalue weighted by atomic mass is 19.4. The third kappa shape index (κ3) is 2.09. The molecule has 0 unspecified atom stereocenters. The van der Waals surface area contributed by atoms with Crippen LogP contribution in [-0.2, 0) is 6.18 Å². The molecular formula is C7H3F5O2. The second-order valence-electron chi connectivity index (χ2n) is 2.33. The molecule has 2 nitrogen and oxygen atoms in total. The van der Waals surface area contributed by atoms with Crippen molar-refractivity contribution >= 4 is 5.78 Å². The number of ketones is 1. The second kappa shape index (κ2) is 3.39. The van der Waals surface area contributed by atoms with E-state index in [1.165, 1.54) is 0 Å². The van der Waals surface area contributed by atoms with Gasteiger partial charge in [0.1, 0.15) is 0 Å². The second-order valence-corrected chi connectivity index (χ2v) is 2.33. The summed E-state index contributed by atoms with van der Waals surface area (Å²) >= 11 is 0. The van der Waals surface area contributed by atoms with Crippen LogP contribution in [-0.4, -0.2) is 12.2 Å². The molecule has 0 N–H and O–H groups in total. The molecule has 0 bridgehead atoms. The number of hydrogen-bond acceptors (Lipinski definition) is 2. The summed E-state index contributed by atoms with van der Waals surface area (Å²) in [5.41, 5.74) is 0. The number of halogens is 5. The molecule has 1 heterocycles. The Bertz CT molecular complexity index is 338. The Morgan fingerprint density at radius 2 is 1.86 bits per heavy atom. The van der Waals surface area contributed by atoms with E-state index in [9.17, 15) is 26.7 Å². The van der Waals surface area contributed by atoms with E-state index < -0.39 is 29.9 Å². The lowest BCUT2D eigenvalue weighted by atomic mass is 10.3. The lowest BCUT2D eigenvalue weighted by molar-refractivity contribution is -0.153.